The van der Waals surface area contributed by atoms with Crippen molar-refractivity contribution in [2.75, 3.05) is 0 Å². The van der Waals surface area contributed by atoms with E-state index >= 15 is 0 Å². The zero-order valence-corrected chi connectivity index (χ0v) is 11.7. The minimum Gasteiger partial charge on any atom is -0.254 e. The Hall–Kier alpha value is -1.51. The lowest BCUT2D eigenvalue weighted by atomic mass is 10.2. The molecule has 0 N–H and O–H groups in total. The topological polar surface area (TPSA) is 53.8 Å². The van der Waals surface area contributed by atoms with Crippen LogP contribution in [0.1, 0.15) is 11.3 Å². The fourth-order valence-electron chi connectivity index (χ4n) is 1.49. The predicted octanol–water partition coefficient (Wildman–Crippen LogP) is 3.02. The Labute approximate surface area is 116 Å². The van der Waals surface area contributed by atoms with Gasteiger partial charge in [-0.2, -0.15) is 5.26 Å². The molecule has 0 aliphatic carbocycles. The Kier molecular flexibility index (Phi) is 4.24. The normalized spacial score (nSPS) is 11.8. The first-order valence-electron chi connectivity index (χ1n) is 5.18. The molecule has 0 saturated carbocycles. The first kappa shape index (κ1) is 12.9. The third-order valence-electron chi connectivity index (χ3n) is 2.34. The summed E-state index contributed by atoms with van der Waals surface area (Å²) < 4.78 is 13.1. The molecule has 5 heteroatoms. The van der Waals surface area contributed by atoms with Gasteiger partial charge in [-0.05, 0) is 24.3 Å². The van der Waals surface area contributed by atoms with Gasteiger partial charge in [-0.1, -0.05) is 28.1 Å². The molecule has 0 fully saturated rings. The van der Waals surface area contributed by atoms with Gasteiger partial charge >= 0.3 is 0 Å². The van der Waals surface area contributed by atoms with Gasteiger partial charge in [0.2, 0.25) is 0 Å². The average Bonchev–Trinajstić information content (AvgIpc) is 2.39. The van der Waals surface area contributed by atoms with Crippen LogP contribution < -0.4 is 0 Å². The van der Waals surface area contributed by atoms with Gasteiger partial charge in [-0.25, -0.2) is 4.98 Å². The highest BCUT2D eigenvalue weighted by Gasteiger charge is 2.09. The quantitative estimate of drug-likeness (QED) is 0.873. The molecule has 2 aromatic rings. The van der Waals surface area contributed by atoms with Crippen molar-refractivity contribution in [1.82, 2.24) is 4.98 Å². The van der Waals surface area contributed by atoms with Crippen LogP contribution in [0, 0.1) is 11.3 Å². The zero-order valence-electron chi connectivity index (χ0n) is 9.34. The number of benzene rings is 1. The van der Waals surface area contributed by atoms with Crippen LogP contribution in [-0.2, 0) is 16.6 Å². The lowest BCUT2D eigenvalue weighted by Gasteiger charge is -2.04. The van der Waals surface area contributed by atoms with Gasteiger partial charge in [0, 0.05) is 21.1 Å². The number of nitriles is 1. The van der Waals surface area contributed by atoms with E-state index in [1.807, 2.05) is 30.3 Å². The molecular formula is C13H9BrN2OS. The van der Waals surface area contributed by atoms with Crippen molar-refractivity contribution in [3.8, 4) is 6.07 Å². The lowest BCUT2D eigenvalue weighted by Crippen LogP contribution is -2.00. The molecule has 1 aromatic carbocycles. The number of nitrogens with zero attached hydrogens (tertiary/aromatic N) is 2. The van der Waals surface area contributed by atoms with Crippen molar-refractivity contribution in [2.24, 2.45) is 0 Å². The Bertz CT molecular complexity index is 637. The second kappa shape index (κ2) is 5.89. The minimum absolute atomic E-state index is 0.299. The van der Waals surface area contributed by atoms with Crippen molar-refractivity contribution in [3.63, 3.8) is 0 Å². The van der Waals surface area contributed by atoms with E-state index in [4.69, 9.17) is 5.26 Å². The highest BCUT2D eigenvalue weighted by molar-refractivity contribution is 9.10. The summed E-state index contributed by atoms with van der Waals surface area (Å²) in [5.74, 6) is 0.299. The van der Waals surface area contributed by atoms with Crippen molar-refractivity contribution in [1.29, 1.82) is 5.26 Å². The molecule has 18 heavy (non-hydrogen) atoms. The summed E-state index contributed by atoms with van der Waals surface area (Å²) >= 11 is 3.34. The van der Waals surface area contributed by atoms with E-state index in [0.717, 1.165) is 9.37 Å². The largest absolute Gasteiger partial charge is 0.254 e. The number of halogens is 1. The molecule has 0 amide bonds. The van der Waals surface area contributed by atoms with Crippen LogP contribution in [-0.4, -0.2) is 9.19 Å². The fourth-order valence-corrected chi connectivity index (χ4v) is 3.21. The summed E-state index contributed by atoms with van der Waals surface area (Å²) in [6, 6.07) is 12.9. The predicted molar refractivity (Wildman–Crippen MR) is 73.2 cm³/mol. The molecule has 1 unspecified atom stereocenters. The van der Waals surface area contributed by atoms with Gasteiger partial charge in [-0.3, -0.25) is 4.21 Å². The van der Waals surface area contributed by atoms with E-state index in [1.165, 1.54) is 0 Å². The molecule has 0 radical (unpaired) electrons. The summed E-state index contributed by atoms with van der Waals surface area (Å²) in [7, 11) is -1.18. The van der Waals surface area contributed by atoms with E-state index in [0.29, 0.717) is 17.0 Å². The molecular weight excluding hydrogens is 312 g/mol. The van der Waals surface area contributed by atoms with E-state index in [2.05, 4.69) is 20.9 Å². The summed E-state index contributed by atoms with van der Waals surface area (Å²) in [6.45, 7) is 0. The number of rotatable bonds is 3. The SMILES string of the molecule is N#Cc1ncccc1CS(=O)c1cccc(Br)c1. The van der Waals surface area contributed by atoms with Crippen LogP contribution in [0.4, 0.5) is 0 Å². The van der Waals surface area contributed by atoms with Gasteiger partial charge in [0.05, 0.1) is 16.6 Å². The molecule has 1 atom stereocenters. The van der Waals surface area contributed by atoms with E-state index in [-0.39, 0.29) is 0 Å². The maximum absolute atomic E-state index is 12.2. The maximum atomic E-state index is 12.2. The Morgan fingerprint density at radius 3 is 2.89 bits per heavy atom. The highest BCUT2D eigenvalue weighted by atomic mass is 79.9. The number of hydrogen-bond acceptors (Lipinski definition) is 3. The molecule has 0 aliphatic rings. The van der Waals surface area contributed by atoms with Gasteiger partial charge in [0.15, 0.2) is 0 Å². The number of hydrogen-bond donors (Lipinski definition) is 0. The first-order valence-corrected chi connectivity index (χ1v) is 7.30. The molecule has 3 nitrogen and oxygen atoms in total. The zero-order chi connectivity index (χ0) is 13.0. The summed E-state index contributed by atoms with van der Waals surface area (Å²) in [6.07, 6.45) is 1.56. The van der Waals surface area contributed by atoms with E-state index in [9.17, 15) is 4.21 Å². The molecule has 1 heterocycles. The van der Waals surface area contributed by atoms with E-state index < -0.39 is 10.8 Å². The van der Waals surface area contributed by atoms with Gasteiger partial charge < -0.3 is 0 Å². The second-order valence-electron chi connectivity index (χ2n) is 3.57. The second-order valence-corrected chi connectivity index (χ2v) is 5.94. The third-order valence-corrected chi connectivity index (χ3v) is 4.19. The third kappa shape index (κ3) is 3.03. The lowest BCUT2D eigenvalue weighted by molar-refractivity contribution is 0.682. The fraction of sp³-hybridized carbons (Fsp3) is 0.0769. The summed E-state index contributed by atoms with van der Waals surface area (Å²) in [5, 5.41) is 8.93. The average molecular weight is 321 g/mol. The molecule has 90 valence electrons. The molecule has 1 aromatic heterocycles. The van der Waals surface area contributed by atoms with Crippen LogP contribution in [0.25, 0.3) is 0 Å². The van der Waals surface area contributed by atoms with Crippen LogP contribution in [0.3, 0.4) is 0 Å². The molecule has 0 saturated heterocycles. The minimum atomic E-state index is -1.18. The number of aromatic nitrogens is 1. The standard InChI is InChI=1S/C13H9BrN2OS/c14-11-4-1-5-12(7-11)18(17)9-10-3-2-6-16-13(10)8-15/h1-7H,9H2. The molecule has 0 bridgehead atoms. The Morgan fingerprint density at radius 2 is 2.17 bits per heavy atom. The van der Waals surface area contributed by atoms with Gasteiger partial charge in [-0.15, -0.1) is 0 Å². The van der Waals surface area contributed by atoms with E-state index in [1.54, 1.807) is 18.3 Å². The molecule has 0 aliphatic heterocycles. The molecule has 2 rings (SSSR count). The van der Waals surface area contributed by atoms with Crippen molar-refractivity contribution < 1.29 is 4.21 Å². The van der Waals surface area contributed by atoms with Crippen LogP contribution in [0.2, 0.25) is 0 Å². The number of pyridine rings is 1. The van der Waals surface area contributed by atoms with Crippen LogP contribution >= 0.6 is 15.9 Å². The molecule has 0 spiro atoms. The summed E-state index contributed by atoms with van der Waals surface area (Å²) in [4.78, 5) is 4.69. The van der Waals surface area contributed by atoms with Crippen molar-refractivity contribution in [2.45, 2.75) is 10.6 Å². The Balaban J connectivity index is 2.25. The maximum Gasteiger partial charge on any atom is 0.144 e. The monoisotopic (exact) mass is 320 g/mol. The smallest absolute Gasteiger partial charge is 0.144 e. The van der Waals surface area contributed by atoms with Gasteiger partial charge in [0.1, 0.15) is 11.8 Å². The highest BCUT2D eigenvalue weighted by Crippen LogP contribution is 2.18. The van der Waals surface area contributed by atoms with Crippen molar-refractivity contribution in [3.05, 3.63) is 58.3 Å². The Morgan fingerprint density at radius 1 is 1.33 bits per heavy atom. The summed E-state index contributed by atoms with van der Waals surface area (Å²) in [5.41, 5.74) is 1.04. The van der Waals surface area contributed by atoms with Crippen LogP contribution in [0.15, 0.2) is 52.0 Å². The van der Waals surface area contributed by atoms with Crippen molar-refractivity contribution >= 4 is 26.7 Å². The first-order chi connectivity index (χ1) is 8.70. The van der Waals surface area contributed by atoms with Gasteiger partial charge in [0.25, 0.3) is 0 Å². The van der Waals surface area contributed by atoms with Crippen LogP contribution in [0.5, 0.6) is 0 Å².